The van der Waals surface area contributed by atoms with Gasteiger partial charge >= 0.3 is 5.97 Å². The fraction of sp³-hybridized carbons (Fsp3) is 0.241. The molecule has 0 amide bonds. The Labute approximate surface area is 208 Å². The van der Waals surface area contributed by atoms with E-state index in [1.165, 1.54) is 28.3 Å². The van der Waals surface area contributed by atoms with Gasteiger partial charge in [0.1, 0.15) is 5.82 Å². The van der Waals surface area contributed by atoms with Crippen LogP contribution in [0.1, 0.15) is 21.6 Å². The molecular formula is C29H28FN3O3. The lowest BCUT2D eigenvalue weighted by Crippen LogP contribution is -2.47. The van der Waals surface area contributed by atoms with E-state index in [-0.39, 0.29) is 17.7 Å². The zero-order valence-corrected chi connectivity index (χ0v) is 19.9. The number of carbonyl (C=O) groups is 1. The average Bonchev–Trinajstić information content (AvgIpc) is 2.89. The quantitative estimate of drug-likeness (QED) is 0.425. The molecular weight excluding hydrogens is 457 g/mol. The van der Waals surface area contributed by atoms with E-state index in [0.29, 0.717) is 22.2 Å². The van der Waals surface area contributed by atoms with Crippen molar-refractivity contribution in [3.63, 3.8) is 0 Å². The summed E-state index contributed by atoms with van der Waals surface area (Å²) in [6.07, 6.45) is 0.980. The number of carboxylic acid groups (broad SMARTS) is 1. The topological polar surface area (TPSA) is 65.8 Å². The van der Waals surface area contributed by atoms with Crippen LogP contribution in [0.3, 0.4) is 0 Å². The van der Waals surface area contributed by atoms with E-state index in [4.69, 9.17) is 0 Å². The number of aromatic nitrogens is 1. The monoisotopic (exact) mass is 485 g/mol. The van der Waals surface area contributed by atoms with E-state index < -0.39 is 11.8 Å². The molecule has 3 aromatic carbocycles. The van der Waals surface area contributed by atoms with Crippen molar-refractivity contribution in [3.05, 3.63) is 112 Å². The fourth-order valence-electron chi connectivity index (χ4n) is 4.99. The molecule has 0 atom stereocenters. The average molecular weight is 486 g/mol. The number of pyridine rings is 1. The van der Waals surface area contributed by atoms with Crippen LogP contribution in [0.15, 0.2) is 83.7 Å². The molecule has 0 unspecified atom stereocenters. The summed E-state index contributed by atoms with van der Waals surface area (Å²) in [7, 11) is 0. The van der Waals surface area contributed by atoms with E-state index >= 15 is 0 Å². The van der Waals surface area contributed by atoms with E-state index in [1.807, 2.05) is 6.07 Å². The highest BCUT2D eigenvalue weighted by molar-refractivity contribution is 6.04. The van der Waals surface area contributed by atoms with Gasteiger partial charge in [0, 0.05) is 50.0 Å². The Morgan fingerprint density at radius 2 is 1.50 bits per heavy atom. The lowest BCUT2D eigenvalue weighted by molar-refractivity contribution is 0.0693. The van der Waals surface area contributed by atoms with Crippen molar-refractivity contribution < 1.29 is 14.3 Å². The van der Waals surface area contributed by atoms with Crippen molar-refractivity contribution in [1.29, 1.82) is 0 Å². The lowest BCUT2D eigenvalue weighted by Gasteiger charge is -2.35. The first-order valence-electron chi connectivity index (χ1n) is 12.2. The summed E-state index contributed by atoms with van der Waals surface area (Å²) in [6.45, 7) is 4.45. The fourth-order valence-corrected chi connectivity index (χ4v) is 4.99. The Morgan fingerprint density at radius 3 is 2.19 bits per heavy atom. The second-order valence-electron chi connectivity index (χ2n) is 9.15. The standard InChI is InChI=1S/C29H28FN3O3/c30-22-9-6-10-23(19-22)33-26(27(29(35)36)24-11-4-5-12-25(24)28(33)34)20-32-17-15-31(16-18-32)14-13-21-7-2-1-3-8-21/h1-12,19H,13-18,20H2,(H,35,36). The minimum Gasteiger partial charge on any atom is -0.478 e. The maximum atomic E-state index is 14.1. The first-order chi connectivity index (χ1) is 17.5. The molecule has 6 nitrogen and oxygen atoms in total. The van der Waals surface area contributed by atoms with Crippen molar-refractivity contribution >= 4 is 16.7 Å². The molecule has 1 saturated heterocycles. The second kappa shape index (κ2) is 10.4. The summed E-state index contributed by atoms with van der Waals surface area (Å²) in [5, 5.41) is 10.9. The van der Waals surface area contributed by atoms with Crippen LogP contribution in [-0.4, -0.2) is 58.2 Å². The van der Waals surface area contributed by atoms with Crippen LogP contribution in [0.5, 0.6) is 0 Å². The molecule has 184 valence electrons. The summed E-state index contributed by atoms with van der Waals surface area (Å²) in [4.78, 5) is 30.6. The third-order valence-corrected chi connectivity index (χ3v) is 6.87. The zero-order valence-electron chi connectivity index (χ0n) is 19.9. The van der Waals surface area contributed by atoms with Gasteiger partial charge in [0.25, 0.3) is 5.56 Å². The van der Waals surface area contributed by atoms with Gasteiger partial charge in [-0.15, -0.1) is 0 Å². The maximum Gasteiger partial charge on any atom is 0.338 e. The first-order valence-corrected chi connectivity index (χ1v) is 12.2. The molecule has 2 heterocycles. The molecule has 5 rings (SSSR count). The van der Waals surface area contributed by atoms with Crippen LogP contribution in [-0.2, 0) is 13.0 Å². The van der Waals surface area contributed by atoms with Gasteiger partial charge in [-0.05, 0) is 36.2 Å². The smallest absolute Gasteiger partial charge is 0.338 e. The largest absolute Gasteiger partial charge is 0.478 e. The van der Waals surface area contributed by atoms with E-state index in [1.54, 1.807) is 30.3 Å². The minimum atomic E-state index is -1.10. The Morgan fingerprint density at radius 1 is 0.833 bits per heavy atom. The summed E-state index contributed by atoms with van der Waals surface area (Å²) < 4.78 is 15.5. The molecule has 7 heteroatoms. The molecule has 36 heavy (non-hydrogen) atoms. The summed E-state index contributed by atoms with van der Waals surface area (Å²) in [6, 6.07) is 22.9. The number of nitrogens with zero attached hydrogens (tertiary/aromatic N) is 3. The van der Waals surface area contributed by atoms with Gasteiger partial charge in [-0.2, -0.15) is 0 Å². The minimum absolute atomic E-state index is 0.0842. The molecule has 1 N–H and O–H groups in total. The molecule has 0 radical (unpaired) electrons. The van der Waals surface area contributed by atoms with Crippen LogP contribution in [0.4, 0.5) is 4.39 Å². The third-order valence-electron chi connectivity index (χ3n) is 6.87. The zero-order chi connectivity index (χ0) is 25.1. The number of halogens is 1. The van der Waals surface area contributed by atoms with Gasteiger partial charge in [0.2, 0.25) is 0 Å². The van der Waals surface area contributed by atoms with Crippen LogP contribution in [0.25, 0.3) is 16.5 Å². The number of piperazine rings is 1. The van der Waals surface area contributed by atoms with Crippen LogP contribution >= 0.6 is 0 Å². The molecule has 0 saturated carbocycles. The normalized spacial score (nSPS) is 14.8. The van der Waals surface area contributed by atoms with Crippen LogP contribution in [0, 0.1) is 5.82 Å². The summed E-state index contributed by atoms with van der Waals surface area (Å²) in [5.41, 5.74) is 1.74. The van der Waals surface area contributed by atoms with E-state index in [2.05, 4.69) is 34.1 Å². The number of hydrogen-bond donors (Lipinski definition) is 1. The second-order valence-corrected chi connectivity index (χ2v) is 9.15. The van der Waals surface area contributed by atoms with Crippen molar-refractivity contribution in [2.24, 2.45) is 0 Å². The number of carboxylic acids is 1. The highest BCUT2D eigenvalue weighted by Crippen LogP contribution is 2.25. The van der Waals surface area contributed by atoms with Gasteiger partial charge in [-0.3, -0.25) is 14.3 Å². The Hall–Kier alpha value is -3.81. The molecule has 1 fully saturated rings. The van der Waals surface area contributed by atoms with Gasteiger partial charge < -0.3 is 10.0 Å². The predicted octanol–water partition coefficient (Wildman–Crippen LogP) is 4.19. The van der Waals surface area contributed by atoms with Crippen molar-refractivity contribution in [1.82, 2.24) is 14.4 Å². The molecule has 0 spiro atoms. The highest BCUT2D eigenvalue weighted by atomic mass is 19.1. The number of rotatable bonds is 7. The Balaban J connectivity index is 1.45. The number of fused-ring (bicyclic) bond motifs is 1. The molecule has 1 aliphatic rings. The molecule has 0 bridgehead atoms. The number of hydrogen-bond acceptors (Lipinski definition) is 4. The van der Waals surface area contributed by atoms with Crippen LogP contribution in [0.2, 0.25) is 0 Å². The summed E-state index contributed by atoms with van der Waals surface area (Å²) >= 11 is 0. The third kappa shape index (κ3) is 4.94. The summed E-state index contributed by atoms with van der Waals surface area (Å²) in [5.74, 6) is -1.59. The van der Waals surface area contributed by atoms with Crippen LogP contribution < -0.4 is 5.56 Å². The van der Waals surface area contributed by atoms with Crippen molar-refractivity contribution in [2.45, 2.75) is 13.0 Å². The number of aromatic carboxylic acids is 1. The predicted molar refractivity (Wildman–Crippen MR) is 138 cm³/mol. The van der Waals surface area contributed by atoms with Crippen molar-refractivity contribution in [2.75, 3.05) is 32.7 Å². The van der Waals surface area contributed by atoms with Gasteiger partial charge in [-0.25, -0.2) is 9.18 Å². The SMILES string of the molecule is O=C(O)c1c(CN2CCN(CCc3ccccc3)CC2)n(-c2cccc(F)c2)c(=O)c2ccccc12. The first kappa shape index (κ1) is 23.9. The van der Waals surface area contributed by atoms with Crippen molar-refractivity contribution in [3.8, 4) is 5.69 Å². The van der Waals surface area contributed by atoms with Gasteiger partial charge in [0.05, 0.1) is 16.9 Å². The lowest BCUT2D eigenvalue weighted by atomic mass is 10.0. The Bertz CT molecular complexity index is 1440. The van der Waals surface area contributed by atoms with E-state index in [0.717, 1.165) is 39.1 Å². The molecule has 0 aliphatic carbocycles. The van der Waals surface area contributed by atoms with Gasteiger partial charge in [0.15, 0.2) is 0 Å². The van der Waals surface area contributed by atoms with Gasteiger partial charge in [-0.1, -0.05) is 54.6 Å². The Kier molecular flexibility index (Phi) is 6.93. The molecule has 1 aromatic heterocycles. The number of benzene rings is 3. The van der Waals surface area contributed by atoms with E-state index in [9.17, 15) is 19.1 Å². The molecule has 4 aromatic rings. The molecule has 1 aliphatic heterocycles. The maximum absolute atomic E-state index is 14.1. The highest BCUT2D eigenvalue weighted by Gasteiger charge is 2.25.